The molecule has 1 aromatic carbocycles. The number of aryl methyl sites for hydroxylation is 1. The molecule has 1 aliphatic rings. The molecule has 0 saturated carbocycles. The Hall–Kier alpha value is -1.46. The fourth-order valence-electron chi connectivity index (χ4n) is 3.11. The maximum absolute atomic E-state index is 5.49. The number of hydrogen-bond donors (Lipinski definition) is 0. The SMILES string of the molecule is Cc1nc(C2CCOCC2)n2c1cnc1ccc(Br)cc12. The van der Waals surface area contributed by atoms with E-state index in [-0.39, 0.29) is 0 Å². The van der Waals surface area contributed by atoms with Crippen LogP contribution in [0.5, 0.6) is 0 Å². The molecule has 0 bridgehead atoms. The minimum absolute atomic E-state index is 0.463. The lowest BCUT2D eigenvalue weighted by atomic mass is 9.99. The zero-order valence-corrected chi connectivity index (χ0v) is 13.4. The van der Waals surface area contributed by atoms with Gasteiger partial charge in [0.2, 0.25) is 0 Å². The largest absolute Gasteiger partial charge is 0.381 e. The van der Waals surface area contributed by atoms with Crippen LogP contribution < -0.4 is 0 Å². The summed E-state index contributed by atoms with van der Waals surface area (Å²) in [5, 5.41) is 0. The van der Waals surface area contributed by atoms with E-state index < -0.39 is 0 Å². The average Bonchev–Trinajstić information content (AvgIpc) is 2.86. The molecule has 1 saturated heterocycles. The second kappa shape index (κ2) is 5.07. The minimum Gasteiger partial charge on any atom is -0.381 e. The summed E-state index contributed by atoms with van der Waals surface area (Å²) >= 11 is 3.56. The summed E-state index contributed by atoms with van der Waals surface area (Å²) in [6.07, 6.45) is 4.01. The van der Waals surface area contributed by atoms with Crippen molar-refractivity contribution in [2.24, 2.45) is 0 Å². The molecule has 0 spiro atoms. The second-order valence-corrected chi connectivity index (χ2v) is 6.47. The normalized spacial score (nSPS) is 16.9. The Morgan fingerprint density at radius 1 is 1.24 bits per heavy atom. The van der Waals surface area contributed by atoms with Gasteiger partial charge in [0.25, 0.3) is 0 Å². The number of halogens is 1. The van der Waals surface area contributed by atoms with Gasteiger partial charge in [0, 0.05) is 23.6 Å². The van der Waals surface area contributed by atoms with Crippen LogP contribution in [0.25, 0.3) is 16.6 Å². The van der Waals surface area contributed by atoms with E-state index >= 15 is 0 Å². The fourth-order valence-corrected chi connectivity index (χ4v) is 3.46. The van der Waals surface area contributed by atoms with Crippen LogP contribution in [0, 0.1) is 6.92 Å². The predicted octanol–water partition coefficient (Wildman–Crippen LogP) is 3.85. The molecule has 0 atom stereocenters. The maximum Gasteiger partial charge on any atom is 0.117 e. The Balaban J connectivity index is 2.03. The topological polar surface area (TPSA) is 39.4 Å². The van der Waals surface area contributed by atoms with Crippen LogP contribution in [0.2, 0.25) is 0 Å². The lowest BCUT2D eigenvalue weighted by Gasteiger charge is -2.21. The van der Waals surface area contributed by atoms with Crippen LogP contribution in [-0.2, 0) is 4.74 Å². The lowest BCUT2D eigenvalue weighted by Crippen LogP contribution is -2.16. The van der Waals surface area contributed by atoms with E-state index in [0.29, 0.717) is 5.92 Å². The van der Waals surface area contributed by atoms with Crippen molar-refractivity contribution in [1.82, 2.24) is 14.4 Å². The molecule has 0 amide bonds. The van der Waals surface area contributed by atoms with Gasteiger partial charge in [-0.1, -0.05) is 15.9 Å². The van der Waals surface area contributed by atoms with Crippen LogP contribution >= 0.6 is 15.9 Å². The van der Waals surface area contributed by atoms with Gasteiger partial charge in [0.1, 0.15) is 5.82 Å². The summed E-state index contributed by atoms with van der Waals surface area (Å²) in [6.45, 7) is 3.71. The van der Waals surface area contributed by atoms with E-state index in [9.17, 15) is 0 Å². The molecule has 4 rings (SSSR count). The first-order chi connectivity index (χ1) is 10.2. The summed E-state index contributed by atoms with van der Waals surface area (Å²) in [5.41, 5.74) is 4.26. The average molecular weight is 346 g/mol. The highest BCUT2D eigenvalue weighted by Crippen LogP contribution is 2.30. The van der Waals surface area contributed by atoms with Crippen molar-refractivity contribution in [3.63, 3.8) is 0 Å². The van der Waals surface area contributed by atoms with Crippen molar-refractivity contribution < 1.29 is 4.74 Å². The monoisotopic (exact) mass is 345 g/mol. The Morgan fingerprint density at radius 3 is 2.86 bits per heavy atom. The zero-order valence-electron chi connectivity index (χ0n) is 11.8. The van der Waals surface area contributed by atoms with Gasteiger partial charge >= 0.3 is 0 Å². The van der Waals surface area contributed by atoms with Crippen molar-refractivity contribution in [3.8, 4) is 0 Å². The lowest BCUT2D eigenvalue weighted by molar-refractivity contribution is 0.0835. The van der Waals surface area contributed by atoms with E-state index in [1.165, 1.54) is 0 Å². The molecule has 1 fully saturated rings. The molecule has 3 aromatic rings. The number of hydrogen-bond acceptors (Lipinski definition) is 3. The number of ether oxygens (including phenoxy) is 1. The number of imidazole rings is 1. The van der Waals surface area contributed by atoms with E-state index in [4.69, 9.17) is 9.72 Å². The van der Waals surface area contributed by atoms with Gasteiger partial charge in [-0.3, -0.25) is 9.38 Å². The van der Waals surface area contributed by atoms with Crippen LogP contribution in [0.4, 0.5) is 0 Å². The number of rotatable bonds is 1. The molecular weight excluding hydrogens is 330 g/mol. The van der Waals surface area contributed by atoms with E-state index in [0.717, 1.165) is 58.6 Å². The van der Waals surface area contributed by atoms with Crippen molar-refractivity contribution in [1.29, 1.82) is 0 Å². The van der Waals surface area contributed by atoms with Crippen molar-refractivity contribution in [2.75, 3.05) is 13.2 Å². The molecule has 3 heterocycles. The number of nitrogens with zero attached hydrogens (tertiary/aromatic N) is 3. The third-order valence-corrected chi connectivity index (χ3v) is 4.71. The van der Waals surface area contributed by atoms with Gasteiger partial charge in [-0.25, -0.2) is 4.98 Å². The first-order valence-corrected chi connectivity index (χ1v) is 8.04. The third kappa shape index (κ3) is 2.15. The smallest absolute Gasteiger partial charge is 0.117 e. The Kier molecular flexibility index (Phi) is 3.19. The van der Waals surface area contributed by atoms with E-state index in [2.05, 4.69) is 38.3 Å². The summed E-state index contributed by atoms with van der Waals surface area (Å²) < 4.78 is 8.83. The highest BCUT2D eigenvalue weighted by Gasteiger charge is 2.22. The molecule has 0 aliphatic carbocycles. The molecule has 2 aromatic heterocycles. The predicted molar refractivity (Wildman–Crippen MR) is 85.7 cm³/mol. The van der Waals surface area contributed by atoms with Gasteiger partial charge in [0.05, 0.1) is 28.4 Å². The quantitative estimate of drug-likeness (QED) is 0.672. The van der Waals surface area contributed by atoms with E-state index in [1.807, 2.05) is 18.3 Å². The molecule has 0 unspecified atom stereocenters. The molecule has 108 valence electrons. The Labute approximate surface area is 131 Å². The molecule has 4 nitrogen and oxygen atoms in total. The Bertz CT molecular complexity index is 821. The summed E-state index contributed by atoms with van der Waals surface area (Å²) in [5.74, 6) is 1.61. The highest BCUT2D eigenvalue weighted by atomic mass is 79.9. The number of fused-ring (bicyclic) bond motifs is 3. The standard InChI is InChI=1S/C16H16BrN3O/c1-10-15-9-18-13-3-2-12(17)8-14(13)20(15)16(19-10)11-4-6-21-7-5-11/h2-3,8-9,11H,4-7H2,1H3. The van der Waals surface area contributed by atoms with Crippen LogP contribution in [0.1, 0.15) is 30.3 Å². The summed E-state index contributed by atoms with van der Waals surface area (Å²) in [6, 6.07) is 6.19. The van der Waals surface area contributed by atoms with Gasteiger partial charge in [-0.15, -0.1) is 0 Å². The fraction of sp³-hybridized carbons (Fsp3) is 0.375. The third-order valence-electron chi connectivity index (χ3n) is 4.21. The highest BCUT2D eigenvalue weighted by molar-refractivity contribution is 9.10. The van der Waals surface area contributed by atoms with Gasteiger partial charge in [-0.2, -0.15) is 0 Å². The molecule has 21 heavy (non-hydrogen) atoms. The van der Waals surface area contributed by atoms with E-state index in [1.54, 1.807) is 0 Å². The van der Waals surface area contributed by atoms with Crippen molar-refractivity contribution in [3.05, 3.63) is 40.4 Å². The first kappa shape index (κ1) is 13.2. The van der Waals surface area contributed by atoms with Crippen molar-refractivity contribution >= 4 is 32.5 Å². The number of aromatic nitrogens is 3. The summed E-state index contributed by atoms with van der Waals surface area (Å²) in [7, 11) is 0. The second-order valence-electron chi connectivity index (χ2n) is 5.55. The molecule has 5 heteroatoms. The zero-order chi connectivity index (χ0) is 14.4. The van der Waals surface area contributed by atoms with Crippen molar-refractivity contribution in [2.45, 2.75) is 25.7 Å². The van der Waals surface area contributed by atoms with Gasteiger partial charge < -0.3 is 4.74 Å². The minimum atomic E-state index is 0.463. The Morgan fingerprint density at radius 2 is 2.05 bits per heavy atom. The van der Waals surface area contributed by atoms with Gasteiger partial charge in [-0.05, 0) is 38.0 Å². The van der Waals surface area contributed by atoms with Crippen LogP contribution in [-0.4, -0.2) is 27.6 Å². The van der Waals surface area contributed by atoms with Crippen LogP contribution in [0.3, 0.4) is 0 Å². The van der Waals surface area contributed by atoms with Gasteiger partial charge in [0.15, 0.2) is 0 Å². The first-order valence-electron chi connectivity index (χ1n) is 7.25. The molecule has 0 N–H and O–H groups in total. The summed E-state index contributed by atoms with van der Waals surface area (Å²) in [4.78, 5) is 9.41. The molecular formula is C16H16BrN3O. The number of benzene rings is 1. The molecule has 1 aliphatic heterocycles. The van der Waals surface area contributed by atoms with Crippen LogP contribution in [0.15, 0.2) is 28.9 Å². The maximum atomic E-state index is 5.49. The molecule has 0 radical (unpaired) electrons.